The molecule has 0 amide bonds. The Morgan fingerprint density at radius 1 is 1.10 bits per heavy atom. The van der Waals surface area contributed by atoms with Crippen molar-refractivity contribution in [1.82, 2.24) is 0 Å². The van der Waals surface area contributed by atoms with Crippen LogP contribution >= 0.6 is 15.9 Å². The van der Waals surface area contributed by atoms with E-state index in [1.165, 1.54) is 48.5 Å². The molecule has 2 aromatic carbocycles. The molecule has 21 heavy (non-hydrogen) atoms. The Bertz CT molecular complexity index is 709. The van der Waals surface area contributed by atoms with E-state index in [9.17, 15) is 19.3 Å². The first-order valence-corrected chi connectivity index (χ1v) is 6.68. The van der Waals surface area contributed by atoms with Gasteiger partial charge in [-0.25, -0.2) is 4.39 Å². The van der Waals surface area contributed by atoms with Crippen LogP contribution in [-0.2, 0) is 0 Å². The molecule has 0 fully saturated rings. The number of hydrogen-bond donors (Lipinski definition) is 0. The largest absolute Gasteiger partial charge is 0.288 e. The van der Waals surface area contributed by atoms with Gasteiger partial charge in [-0.2, -0.15) is 0 Å². The molecule has 0 spiro atoms. The van der Waals surface area contributed by atoms with Crippen LogP contribution in [0, 0.1) is 15.9 Å². The summed E-state index contributed by atoms with van der Waals surface area (Å²) in [4.78, 5) is 22.1. The number of non-ortho nitro benzene ring substituents is 1. The first-order valence-electron chi connectivity index (χ1n) is 5.89. The monoisotopic (exact) mass is 349 g/mol. The summed E-state index contributed by atoms with van der Waals surface area (Å²) in [5.74, 6) is -0.713. The van der Waals surface area contributed by atoms with Crippen molar-refractivity contribution in [3.8, 4) is 0 Å². The molecule has 0 heterocycles. The summed E-state index contributed by atoms with van der Waals surface area (Å²) in [6, 6.07) is 11.0. The molecule has 0 radical (unpaired) electrons. The van der Waals surface area contributed by atoms with Crippen LogP contribution < -0.4 is 0 Å². The fourth-order valence-electron chi connectivity index (χ4n) is 1.64. The van der Waals surface area contributed by atoms with Crippen LogP contribution in [0.3, 0.4) is 0 Å². The molecule has 0 N–H and O–H groups in total. The fraction of sp³-hybridized carbons (Fsp3) is 0. The lowest BCUT2D eigenvalue weighted by Crippen LogP contribution is -1.98. The first-order chi connectivity index (χ1) is 9.97. The number of allylic oxidation sites excluding steroid dienone is 1. The molecule has 0 unspecified atom stereocenters. The second kappa shape index (κ2) is 6.41. The maximum Gasteiger partial charge on any atom is 0.269 e. The van der Waals surface area contributed by atoms with Crippen molar-refractivity contribution in [3.05, 3.63) is 80.1 Å². The highest BCUT2D eigenvalue weighted by Gasteiger charge is 2.10. The van der Waals surface area contributed by atoms with Crippen LogP contribution in [0.2, 0.25) is 0 Å². The molecule has 6 heteroatoms. The zero-order valence-corrected chi connectivity index (χ0v) is 12.2. The molecule has 106 valence electrons. The second-order valence-corrected chi connectivity index (χ2v) is 5.03. The van der Waals surface area contributed by atoms with Crippen molar-refractivity contribution in [2.75, 3.05) is 0 Å². The van der Waals surface area contributed by atoms with E-state index in [-0.39, 0.29) is 16.0 Å². The van der Waals surface area contributed by atoms with Crippen molar-refractivity contribution in [1.29, 1.82) is 0 Å². The number of carbonyl (C=O) groups is 1. The summed E-state index contributed by atoms with van der Waals surface area (Å²) in [5.41, 5.74) is 0.970. The number of rotatable bonds is 4. The highest BCUT2D eigenvalue weighted by Crippen LogP contribution is 2.20. The van der Waals surface area contributed by atoms with E-state index in [1.807, 2.05) is 0 Å². The van der Waals surface area contributed by atoms with E-state index in [2.05, 4.69) is 15.9 Å². The van der Waals surface area contributed by atoms with Crippen molar-refractivity contribution in [2.45, 2.75) is 0 Å². The van der Waals surface area contributed by atoms with Crippen molar-refractivity contribution >= 4 is 33.5 Å². The molecule has 0 saturated carbocycles. The van der Waals surface area contributed by atoms with Gasteiger partial charge in [-0.05, 0) is 64.0 Å². The Labute approximate surface area is 128 Å². The molecule has 0 atom stereocenters. The average molecular weight is 350 g/mol. The predicted octanol–water partition coefficient (Wildman–Crippen LogP) is 4.35. The van der Waals surface area contributed by atoms with Crippen molar-refractivity contribution in [2.24, 2.45) is 0 Å². The minimum Gasteiger partial charge on any atom is -0.288 e. The summed E-state index contributed by atoms with van der Waals surface area (Å²) < 4.78 is 13.1. The number of nitrogens with zero attached hydrogens (tertiary/aromatic N) is 1. The molecule has 0 aliphatic rings. The van der Waals surface area contributed by atoms with Crippen LogP contribution in [0.4, 0.5) is 10.1 Å². The number of ketones is 1. The van der Waals surface area contributed by atoms with Gasteiger partial charge in [-0.15, -0.1) is 0 Å². The van der Waals surface area contributed by atoms with Gasteiger partial charge in [-0.1, -0.05) is 0 Å². The SMILES string of the molecule is O=C(/C(Br)=C/c1ccc([N+](=O)[O-])cc1)c1ccc(F)cc1. The molecule has 0 aliphatic carbocycles. The van der Waals surface area contributed by atoms with E-state index >= 15 is 0 Å². The lowest BCUT2D eigenvalue weighted by atomic mass is 10.1. The smallest absolute Gasteiger partial charge is 0.269 e. The summed E-state index contributed by atoms with van der Waals surface area (Å²) in [6.45, 7) is 0. The van der Waals surface area contributed by atoms with Crippen molar-refractivity contribution < 1.29 is 14.1 Å². The lowest BCUT2D eigenvalue weighted by molar-refractivity contribution is -0.384. The third-order valence-corrected chi connectivity index (χ3v) is 3.31. The molecule has 0 saturated heterocycles. The topological polar surface area (TPSA) is 60.2 Å². The van der Waals surface area contributed by atoms with Crippen LogP contribution in [0.5, 0.6) is 0 Å². The van der Waals surface area contributed by atoms with Gasteiger partial charge in [0.15, 0.2) is 5.78 Å². The Hall–Kier alpha value is -2.34. The number of halogens is 2. The van der Waals surface area contributed by atoms with Gasteiger partial charge in [0.05, 0.1) is 9.41 Å². The summed E-state index contributed by atoms with van der Waals surface area (Å²) in [5, 5.41) is 10.6. The van der Waals surface area contributed by atoms with Crippen LogP contribution in [-0.4, -0.2) is 10.7 Å². The molecule has 0 bridgehead atoms. The lowest BCUT2D eigenvalue weighted by Gasteiger charge is -2.00. The van der Waals surface area contributed by atoms with Crippen LogP contribution in [0.1, 0.15) is 15.9 Å². The van der Waals surface area contributed by atoms with E-state index in [1.54, 1.807) is 6.08 Å². The molecule has 2 rings (SSSR count). The zero-order valence-electron chi connectivity index (χ0n) is 10.6. The van der Waals surface area contributed by atoms with Gasteiger partial charge in [0.1, 0.15) is 5.82 Å². The third-order valence-electron chi connectivity index (χ3n) is 2.72. The van der Waals surface area contributed by atoms with E-state index in [4.69, 9.17) is 0 Å². The normalized spacial score (nSPS) is 11.2. The molecule has 4 nitrogen and oxygen atoms in total. The second-order valence-electron chi connectivity index (χ2n) is 4.18. The Morgan fingerprint density at radius 2 is 1.67 bits per heavy atom. The maximum atomic E-state index is 12.8. The quantitative estimate of drug-likeness (QED) is 0.356. The van der Waals surface area contributed by atoms with Gasteiger partial charge < -0.3 is 0 Å². The highest BCUT2D eigenvalue weighted by atomic mass is 79.9. The summed E-state index contributed by atoms with van der Waals surface area (Å²) in [6.07, 6.45) is 1.55. The fourth-order valence-corrected chi connectivity index (χ4v) is 2.14. The molecule has 2 aromatic rings. The van der Waals surface area contributed by atoms with Gasteiger partial charge in [0.25, 0.3) is 5.69 Å². The number of hydrogen-bond acceptors (Lipinski definition) is 3. The highest BCUT2D eigenvalue weighted by molar-refractivity contribution is 9.12. The Balaban J connectivity index is 2.21. The molecular formula is C15H9BrFNO3. The number of nitro benzene ring substituents is 1. The van der Waals surface area contributed by atoms with Gasteiger partial charge in [0.2, 0.25) is 0 Å². The molecule has 0 aromatic heterocycles. The maximum absolute atomic E-state index is 12.8. The minimum absolute atomic E-state index is 0.0202. The molecule has 0 aliphatic heterocycles. The first kappa shape index (κ1) is 15.1. The summed E-state index contributed by atoms with van der Waals surface area (Å²) in [7, 11) is 0. The van der Waals surface area contributed by atoms with Crippen LogP contribution in [0.25, 0.3) is 6.08 Å². The van der Waals surface area contributed by atoms with Gasteiger partial charge >= 0.3 is 0 Å². The summed E-state index contributed by atoms with van der Waals surface area (Å²) >= 11 is 3.17. The van der Waals surface area contributed by atoms with Gasteiger partial charge in [0, 0.05) is 17.7 Å². The predicted molar refractivity (Wildman–Crippen MR) is 80.7 cm³/mol. The number of carbonyl (C=O) groups excluding carboxylic acids is 1. The zero-order chi connectivity index (χ0) is 15.4. The van der Waals surface area contributed by atoms with Crippen LogP contribution in [0.15, 0.2) is 53.0 Å². The minimum atomic E-state index is -0.494. The van der Waals surface area contributed by atoms with E-state index < -0.39 is 10.7 Å². The Kier molecular flexibility index (Phi) is 4.59. The molecular weight excluding hydrogens is 341 g/mol. The standard InChI is InChI=1S/C15H9BrFNO3/c16-14(15(19)11-3-5-12(17)6-4-11)9-10-1-7-13(8-2-10)18(20)21/h1-9H/b14-9-. The third kappa shape index (κ3) is 3.82. The number of benzene rings is 2. The number of nitro groups is 1. The van der Waals surface area contributed by atoms with E-state index in [0.29, 0.717) is 11.1 Å². The Morgan fingerprint density at radius 3 is 2.19 bits per heavy atom. The van der Waals surface area contributed by atoms with E-state index in [0.717, 1.165) is 0 Å². The van der Waals surface area contributed by atoms with Gasteiger partial charge in [-0.3, -0.25) is 14.9 Å². The average Bonchev–Trinajstić information content (AvgIpc) is 2.47. The number of Topliss-reactive ketones (excluding diaryl/α,β-unsaturated/α-hetero) is 1. The van der Waals surface area contributed by atoms with Crippen molar-refractivity contribution in [3.63, 3.8) is 0 Å².